The molecule has 32 heavy (non-hydrogen) atoms. The summed E-state index contributed by atoms with van der Waals surface area (Å²) in [5, 5.41) is 0. The molecule has 1 aliphatic heterocycles. The molecule has 5 nitrogen and oxygen atoms in total. The highest BCUT2D eigenvalue weighted by Gasteiger charge is 2.25. The Balaban J connectivity index is 1.44. The van der Waals surface area contributed by atoms with E-state index < -0.39 is 0 Å². The lowest BCUT2D eigenvalue weighted by Gasteiger charge is -2.36. The molecule has 0 bridgehead atoms. The molecule has 0 atom stereocenters. The largest absolute Gasteiger partial charge is 0.353 e. The number of nitrogens with zero attached hydrogens (tertiary/aromatic N) is 4. The second-order valence-electron chi connectivity index (χ2n) is 8.39. The van der Waals surface area contributed by atoms with Crippen LogP contribution in [0.4, 0.5) is 5.82 Å². The number of carbonyl (C=O) groups excluding carboxylic acids is 1. The van der Waals surface area contributed by atoms with Crippen LogP contribution in [0, 0.1) is 6.92 Å². The zero-order valence-electron chi connectivity index (χ0n) is 19.1. The van der Waals surface area contributed by atoms with Crippen molar-refractivity contribution >= 4 is 11.7 Å². The van der Waals surface area contributed by atoms with E-state index in [1.165, 1.54) is 16.7 Å². The van der Waals surface area contributed by atoms with Crippen LogP contribution in [0.5, 0.6) is 0 Å². The van der Waals surface area contributed by atoms with Crippen molar-refractivity contribution in [2.75, 3.05) is 31.1 Å². The Hall–Kier alpha value is -3.21. The molecule has 0 saturated carbocycles. The number of anilines is 1. The molecule has 5 heteroatoms. The summed E-state index contributed by atoms with van der Waals surface area (Å²) in [5.74, 6) is 2.09. The number of hydrogen-bond donors (Lipinski definition) is 0. The molecule has 3 aromatic rings. The summed E-state index contributed by atoms with van der Waals surface area (Å²) >= 11 is 0. The van der Waals surface area contributed by atoms with Gasteiger partial charge in [0.1, 0.15) is 11.6 Å². The van der Waals surface area contributed by atoms with Gasteiger partial charge in [-0.3, -0.25) is 4.79 Å². The molecule has 1 saturated heterocycles. The minimum atomic E-state index is 0.242. The highest BCUT2D eigenvalue weighted by atomic mass is 16.2. The van der Waals surface area contributed by atoms with E-state index in [1.807, 2.05) is 36.1 Å². The van der Waals surface area contributed by atoms with Crippen LogP contribution in [0.2, 0.25) is 0 Å². The Labute approximate surface area is 191 Å². The topological polar surface area (TPSA) is 49.3 Å². The van der Waals surface area contributed by atoms with Gasteiger partial charge in [-0.2, -0.15) is 0 Å². The maximum absolute atomic E-state index is 12.8. The Bertz CT molecular complexity index is 1030. The van der Waals surface area contributed by atoms with E-state index >= 15 is 0 Å². The highest BCUT2D eigenvalue weighted by Crippen LogP contribution is 2.26. The van der Waals surface area contributed by atoms with E-state index in [0.29, 0.717) is 6.42 Å². The van der Waals surface area contributed by atoms with Gasteiger partial charge in [0.25, 0.3) is 0 Å². The van der Waals surface area contributed by atoms with Crippen molar-refractivity contribution in [1.82, 2.24) is 14.9 Å². The fourth-order valence-electron chi connectivity index (χ4n) is 4.39. The Morgan fingerprint density at radius 2 is 1.50 bits per heavy atom. The number of hydrogen-bond acceptors (Lipinski definition) is 4. The first-order valence-corrected chi connectivity index (χ1v) is 11.6. The summed E-state index contributed by atoms with van der Waals surface area (Å²) < 4.78 is 0. The van der Waals surface area contributed by atoms with Crippen molar-refractivity contribution in [2.24, 2.45) is 0 Å². The van der Waals surface area contributed by atoms with E-state index in [-0.39, 0.29) is 5.91 Å². The normalized spacial score (nSPS) is 13.9. The van der Waals surface area contributed by atoms with Gasteiger partial charge >= 0.3 is 0 Å². The zero-order valence-corrected chi connectivity index (χ0v) is 19.1. The standard InChI is InChI=1S/C27H32N4O/c1-3-25-24(20-23-12-8-5-9-13-23)27(29-21(2)28-25)31-18-16-30(17-19-31)26(32)15-14-22-10-6-4-7-11-22/h4-13H,3,14-20H2,1-2H3. The summed E-state index contributed by atoms with van der Waals surface area (Å²) in [6.45, 7) is 7.21. The van der Waals surface area contributed by atoms with Crippen LogP contribution < -0.4 is 4.90 Å². The molecule has 0 aliphatic carbocycles. The van der Waals surface area contributed by atoms with Crippen LogP contribution >= 0.6 is 0 Å². The van der Waals surface area contributed by atoms with Gasteiger partial charge in [-0.25, -0.2) is 9.97 Å². The first-order chi connectivity index (χ1) is 15.6. The van der Waals surface area contributed by atoms with Gasteiger partial charge in [-0.05, 0) is 30.9 Å². The molecular formula is C27H32N4O. The molecule has 1 fully saturated rings. The third kappa shape index (κ3) is 5.34. The smallest absolute Gasteiger partial charge is 0.223 e. The van der Waals surface area contributed by atoms with Crippen molar-refractivity contribution in [3.05, 3.63) is 88.9 Å². The van der Waals surface area contributed by atoms with E-state index in [2.05, 4.69) is 48.2 Å². The lowest BCUT2D eigenvalue weighted by atomic mass is 10.0. The Kier molecular flexibility index (Phi) is 7.15. The van der Waals surface area contributed by atoms with Gasteiger partial charge in [-0.15, -0.1) is 0 Å². The molecule has 0 N–H and O–H groups in total. The molecule has 0 unspecified atom stereocenters. The summed E-state index contributed by atoms with van der Waals surface area (Å²) in [6, 6.07) is 20.8. The molecular weight excluding hydrogens is 396 g/mol. The van der Waals surface area contributed by atoms with Crippen LogP contribution in [0.1, 0.15) is 41.6 Å². The van der Waals surface area contributed by atoms with E-state index in [1.54, 1.807) is 0 Å². The molecule has 2 aromatic carbocycles. The van der Waals surface area contributed by atoms with Crippen molar-refractivity contribution in [2.45, 2.75) is 39.5 Å². The van der Waals surface area contributed by atoms with Crippen molar-refractivity contribution < 1.29 is 4.79 Å². The minimum Gasteiger partial charge on any atom is -0.353 e. The number of aryl methyl sites for hydroxylation is 3. The SMILES string of the molecule is CCc1nc(C)nc(N2CCN(C(=O)CCc3ccccc3)CC2)c1Cc1ccccc1. The molecule has 1 aliphatic rings. The average Bonchev–Trinajstić information content (AvgIpc) is 2.84. The van der Waals surface area contributed by atoms with Crippen LogP contribution in [-0.4, -0.2) is 47.0 Å². The average molecular weight is 429 g/mol. The van der Waals surface area contributed by atoms with Gasteiger partial charge < -0.3 is 9.80 Å². The van der Waals surface area contributed by atoms with Crippen molar-refractivity contribution in [3.8, 4) is 0 Å². The van der Waals surface area contributed by atoms with Crippen molar-refractivity contribution in [1.29, 1.82) is 0 Å². The predicted molar refractivity (Wildman–Crippen MR) is 129 cm³/mol. The predicted octanol–water partition coefficient (Wildman–Crippen LogP) is 4.22. The van der Waals surface area contributed by atoms with Crippen LogP contribution in [-0.2, 0) is 24.1 Å². The van der Waals surface area contributed by atoms with Gasteiger partial charge in [-0.1, -0.05) is 67.6 Å². The van der Waals surface area contributed by atoms with Crippen molar-refractivity contribution in [3.63, 3.8) is 0 Å². The van der Waals surface area contributed by atoms with Crippen LogP contribution in [0.15, 0.2) is 60.7 Å². The molecule has 4 rings (SSSR count). The van der Waals surface area contributed by atoms with Gasteiger partial charge in [0.15, 0.2) is 0 Å². The second-order valence-corrected chi connectivity index (χ2v) is 8.39. The maximum Gasteiger partial charge on any atom is 0.223 e. The molecule has 2 heterocycles. The van der Waals surface area contributed by atoms with Crippen LogP contribution in [0.3, 0.4) is 0 Å². The molecule has 0 radical (unpaired) electrons. The van der Waals surface area contributed by atoms with Crippen LogP contribution in [0.25, 0.3) is 0 Å². The Morgan fingerprint density at radius 3 is 2.12 bits per heavy atom. The fourth-order valence-corrected chi connectivity index (χ4v) is 4.39. The summed E-state index contributed by atoms with van der Waals surface area (Å²) in [6.07, 6.45) is 3.08. The van der Waals surface area contributed by atoms with E-state index in [9.17, 15) is 4.79 Å². The first kappa shape index (κ1) is 22.0. The summed E-state index contributed by atoms with van der Waals surface area (Å²) in [7, 11) is 0. The fraction of sp³-hybridized carbons (Fsp3) is 0.370. The number of benzene rings is 2. The second kappa shape index (κ2) is 10.4. The number of amides is 1. The third-order valence-electron chi connectivity index (χ3n) is 6.14. The maximum atomic E-state index is 12.8. The van der Waals surface area contributed by atoms with Gasteiger partial charge in [0.05, 0.1) is 0 Å². The number of rotatable bonds is 7. The first-order valence-electron chi connectivity index (χ1n) is 11.6. The minimum absolute atomic E-state index is 0.242. The highest BCUT2D eigenvalue weighted by molar-refractivity contribution is 5.76. The summed E-state index contributed by atoms with van der Waals surface area (Å²) in [5.41, 5.74) is 4.82. The van der Waals surface area contributed by atoms with Gasteiger partial charge in [0, 0.05) is 50.3 Å². The summed E-state index contributed by atoms with van der Waals surface area (Å²) in [4.78, 5) is 26.7. The molecule has 1 amide bonds. The zero-order chi connectivity index (χ0) is 22.3. The van der Waals surface area contributed by atoms with E-state index in [4.69, 9.17) is 9.97 Å². The quantitative estimate of drug-likeness (QED) is 0.565. The number of carbonyl (C=O) groups is 1. The molecule has 0 spiro atoms. The lowest BCUT2D eigenvalue weighted by Crippen LogP contribution is -2.49. The Morgan fingerprint density at radius 1 is 0.875 bits per heavy atom. The molecule has 1 aromatic heterocycles. The number of aromatic nitrogens is 2. The van der Waals surface area contributed by atoms with Gasteiger partial charge in [0.2, 0.25) is 5.91 Å². The van der Waals surface area contributed by atoms with E-state index in [0.717, 1.165) is 62.8 Å². The number of piperazine rings is 1. The third-order valence-corrected chi connectivity index (χ3v) is 6.14. The molecule has 166 valence electrons. The lowest BCUT2D eigenvalue weighted by molar-refractivity contribution is -0.131. The monoisotopic (exact) mass is 428 g/mol.